The minimum absolute atomic E-state index is 0.0865. The monoisotopic (exact) mass is 308 g/mol. The van der Waals surface area contributed by atoms with Crippen LogP contribution in [0.4, 0.5) is 17.6 Å². The van der Waals surface area contributed by atoms with Crippen LogP contribution in [0.1, 0.15) is 6.42 Å². The van der Waals surface area contributed by atoms with Crippen molar-refractivity contribution < 1.29 is 32.0 Å². The van der Waals surface area contributed by atoms with E-state index in [0.717, 1.165) is 0 Å². The van der Waals surface area contributed by atoms with Crippen molar-refractivity contribution in [3.8, 4) is 5.75 Å². The van der Waals surface area contributed by atoms with Gasteiger partial charge in [0.15, 0.2) is 0 Å². The molecule has 0 amide bonds. The lowest BCUT2D eigenvalue weighted by atomic mass is 10.1. The first-order valence-electron chi connectivity index (χ1n) is 5.32. The number of alkyl halides is 4. The van der Waals surface area contributed by atoms with E-state index in [-0.39, 0.29) is 5.75 Å². The van der Waals surface area contributed by atoms with Crippen LogP contribution in [0.3, 0.4) is 0 Å². The Bertz CT molecular complexity index is 563. The Morgan fingerprint density at radius 1 is 1.24 bits per heavy atom. The smallest absolute Gasteiger partial charge is 0.422 e. The average molecular weight is 308 g/mol. The van der Waals surface area contributed by atoms with Crippen LogP contribution in [0.25, 0.3) is 0 Å². The second kappa shape index (κ2) is 5.85. The Morgan fingerprint density at radius 3 is 2.24 bits per heavy atom. The van der Waals surface area contributed by atoms with Gasteiger partial charge >= 0.3 is 17.9 Å². The maximum absolute atomic E-state index is 13.1. The van der Waals surface area contributed by atoms with E-state index < -0.39 is 35.0 Å². The van der Waals surface area contributed by atoms with Gasteiger partial charge in [-0.3, -0.25) is 15.5 Å². The van der Waals surface area contributed by atoms with Gasteiger partial charge in [0.1, 0.15) is 16.4 Å². The summed E-state index contributed by atoms with van der Waals surface area (Å²) in [5.74, 6) is -6.87. The van der Waals surface area contributed by atoms with Crippen molar-refractivity contribution in [3.63, 3.8) is 0 Å². The molecule has 0 saturated carbocycles. The van der Waals surface area contributed by atoms with Crippen LogP contribution >= 0.6 is 0 Å². The molecule has 0 saturated heterocycles. The molecule has 1 aromatic carbocycles. The summed E-state index contributed by atoms with van der Waals surface area (Å²) in [5, 5.41) is 16.9. The minimum atomic E-state index is -5.59. The molecular weight excluding hydrogens is 300 g/mol. The number of hydrogen-bond acceptors (Lipinski definition) is 5. The maximum atomic E-state index is 13.1. The van der Waals surface area contributed by atoms with E-state index in [1.165, 1.54) is 24.3 Å². The van der Waals surface area contributed by atoms with Crippen LogP contribution in [0, 0.1) is 15.5 Å². The number of halogens is 4. The molecular formula is C11H8F4N2O4. The molecule has 21 heavy (non-hydrogen) atoms. The SMILES string of the molecule is N=C(CC(F)(F)C(F)(F)[N+](=O)[O-])C(=O)Oc1ccccc1. The number of carbonyl (C=O) groups excluding carboxylic acids is 1. The van der Waals surface area contributed by atoms with Gasteiger partial charge in [-0.05, 0) is 12.1 Å². The molecule has 0 aromatic heterocycles. The highest BCUT2D eigenvalue weighted by atomic mass is 19.3. The molecule has 0 fully saturated rings. The Morgan fingerprint density at radius 2 is 1.76 bits per heavy atom. The van der Waals surface area contributed by atoms with Gasteiger partial charge in [0, 0.05) is 0 Å². The van der Waals surface area contributed by atoms with E-state index in [4.69, 9.17) is 5.41 Å². The van der Waals surface area contributed by atoms with E-state index in [1.54, 1.807) is 6.07 Å². The zero-order valence-corrected chi connectivity index (χ0v) is 10.2. The first kappa shape index (κ1) is 16.5. The fourth-order valence-corrected chi connectivity index (χ4v) is 1.19. The number of nitro groups is 1. The molecule has 10 heteroatoms. The fraction of sp³-hybridized carbons (Fsp3) is 0.273. The number of esters is 1. The molecule has 114 valence electrons. The van der Waals surface area contributed by atoms with Crippen molar-refractivity contribution in [1.29, 1.82) is 5.41 Å². The largest absolute Gasteiger partial charge is 0.576 e. The van der Waals surface area contributed by atoms with Crippen LogP contribution in [-0.4, -0.2) is 28.6 Å². The van der Waals surface area contributed by atoms with E-state index >= 15 is 0 Å². The third kappa shape index (κ3) is 3.74. The van der Waals surface area contributed by atoms with Gasteiger partial charge in [-0.15, -0.1) is 8.78 Å². The van der Waals surface area contributed by atoms with Crippen LogP contribution in [0.15, 0.2) is 30.3 Å². The van der Waals surface area contributed by atoms with Gasteiger partial charge < -0.3 is 4.74 Å². The molecule has 0 aliphatic carbocycles. The molecule has 1 aromatic rings. The highest BCUT2D eigenvalue weighted by Gasteiger charge is 2.68. The van der Waals surface area contributed by atoms with Gasteiger partial charge in [-0.25, -0.2) is 4.79 Å². The molecule has 0 spiro atoms. The molecule has 0 bridgehead atoms. The summed E-state index contributed by atoms with van der Waals surface area (Å²) < 4.78 is 56.0. The van der Waals surface area contributed by atoms with Gasteiger partial charge in [-0.2, -0.15) is 8.78 Å². The summed E-state index contributed by atoms with van der Waals surface area (Å²) in [6.45, 7) is 0. The number of nitrogens with one attached hydrogen (secondary N) is 1. The van der Waals surface area contributed by atoms with Gasteiger partial charge in [0.25, 0.3) is 0 Å². The summed E-state index contributed by atoms with van der Waals surface area (Å²) in [4.78, 5) is 18.7. The molecule has 1 rings (SSSR count). The van der Waals surface area contributed by atoms with Gasteiger partial charge in [0.2, 0.25) is 0 Å². The molecule has 0 aliphatic heterocycles. The standard InChI is InChI=1S/C11H8F4N2O4/c12-10(13,11(14,15)17(19)20)6-8(16)9(18)21-7-4-2-1-3-5-7/h1-5,16H,6H2. The molecule has 0 atom stereocenters. The number of ether oxygens (including phenoxy) is 1. The van der Waals surface area contributed by atoms with E-state index in [2.05, 4.69) is 4.74 Å². The Labute approximate surface area is 115 Å². The fourth-order valence-electron chi connectivity index (χ4n) is 1.19. The highest BCUT2D eigenvalue weighted by molar-refractivity contribution is 6.35. The van der Waals surface area contributed by atoms with Crippen molar-refractivity contribution in [2.75, 3.05) is 0 Å². The number of hydrogen-bond donors (Lipinski definition) is 1. The predicted molar refractivity (Wildman–Crippen MR) is 61.3 cm³/mol. The number of benzene rings is 1. The highest BCUT2D eigenvalue weighted by Crippen LogP contribution is 2.37. The summed E-state index contributed by atoms with van der Waals surface area (Å²) in [5.41, 5.74) is -1.51. The number of para-hydroxylation sites is 1. The van der Waals surface area contributed by atoms with E-state index in [9.17, 15) is 32.5 Å². The van der Waals surface area contributed by atoms with Crippen molar-refractivity contribution >= 4 is 11.7 Å². The first-order valence-corrected chi connectivity index (χ1v) is 5.32. The minimum Gasteiger partial charge on any atom is -0.422 e. The lowest BCUT2D eigenvalue weighted by Gasteiger charge is -2.18. The Balaban J connectivity index is 2.76. The number of carbonyl (C=O) groups is 1. The van der Waals surface area contributed by atoms with Crippen molar-refractivity contribution in [2.45, 2.75) is 18.4 Å². The number of rotatable bonds is 6. The third-order valence-electron chi connectivity index (χ3n) is 2.27. The van der Waals surface area contributed by atoms with Crippen molar-refractivity contribution in [2.24, 2.45) is 0 Å². The lowest BCUT2D eigenvalue weighted by Crippen LogP contribution is -2.48. The summed E-state index contributed by atoms with van der Waals surface area (Å²) in [7, 11) is 0. The summed E-state index contributed by atoms with van der Waals surface area (Å²) >= 11 is 0. The van der Waals surface area contributed by atoms with E-state index in [0.29, 0.717) is 0 Å². The van der Waals surface area contributed by atoms with E-state index in [1.807, 2.05) is 0 Å². The Kier molecular flexibility index (Phi) is 4.61. The van der Waals surface area contributed by atoms with Crippen LogP contribution in [0.2, 0.25) is 0 Å². The van der Waals surface area contributed by atoms with Crippen LogP contribution in [0.5, 0.6) is 5.75 Å². The van der Waals surface area contributed by atoms with Crippen molar-refractivity contribution in [1.82, 2.24) is 0 Å². The predicted octanol–water partition coefficient (Wildman–Crippen LogP) is 2.51. The van der Waals surface area contributed by atoms with Gasteiger partial charge in [0.05, 0.1) is 6.42 Å². The quantitative estimate of drug-likeness (QED) is 0.166. The summed E-state index contributed by atoms with van der Waals surface area (Å²) in [6.07, 6.45) is -2.12. The summed E-state index contributed by atoms with van der Waals surface area (Å²) in [6, 6.07) is 1.41. The zero-order chi connectivity index (χ0) is 16.3. The first-order chi connectivity index (χ1) is 9.58. The molecule has 1 N–H and O–H groups in total. The Hall–Kier alpha value is -2.52. The molecule has 0 unspecified atom stereocenters. The van der Waals surface area contributed by atoms with Gasteiger partial charge in [-0.1, -0.05) is 18.2 Å². The lowest BCUT2D eigenvalue weighted by molar-refractivity contribution is -0.674. The molecule has 0 aliphatic rings. The molecule has 6 nitrogen and oxygen atoms in total. The number of nitrogens with zero attached hydrogens (tertiary/aromatic N) is 1. The maximum Gasteiger partial charge on any atom is 0.576 e. The second-order valence-corrected chi connectivity index (χ2v) is 3.86. The second-order valence-electron chi connectivity index (χ2n) is 3.86. The normalized spacial score (nSPS) is 11.8. The van der Waals surface area contributed by atoms with Crippen molar-refractivity contribution in [3.05, 3.63) is 40.4 Å². The van der Waals surface area contributed by atoms with Crippen LogP contribution in [-0.2, 0) is 4.79 Å². The molecule has 0 heterocycles. The average Bonchev–Trinajstić information content (AvgIpc) is 2.38. The third-order valence-corrected chi connectivity index (χ3v) is 2.27. The van der Waals surface area contributed by atoms with Crippen LogP contribution < -0.4 is 4.74 Å². The molecule has 0 radical (unpaired) electrons. The topological polar surface area (TPSA) is 93.3 Å². The zero-order valence-electron chi connectivity index (χ0n) is 10.2.